The molecular weight excluding hydrogens is 330 g/mol. The molecular formula is C19H33N5O2. The van der Waals surface area contributed by atoms with Crippen molar-refractivity contribution in [1.29, 1.82) is 0 Å². The Kier molecular flexibility index (Phi) is 6.67. The lowest BCUT2D eigenvalue weighted by Gasteiger charge is -2.30. The third-order valence-electron chi connectivity index (χ3n) is 5.48. The summed E-state index contributed by atoms with van der Waals surface area (Å²) >= 11 is 0. The van der Waals surface area contributed by atoms with Crippen LogP contribution in [0, 0.1) is 5.92 Å². The Morgan fingerprint density at radius 2 is 1.96 bits per heavy atom. The van der Waals surface area contributed by atoms with Crippen LogP contribution in [0.1, 0.15) is 19.3 Å². The smallest absolute Gasteiger partial charge is 0.134 e. The van der Waals surface area contributed by atoms with E-state index in [4.69, 9.17) is 9.47 Å². The van der Waals surface area contributed by atoms with Crippen molar-refractivity contribution in [1.82, 2.24) is 14.9 Å². The average molecular weight is 364 g/mol. The summed E-state index contributed by atoms with van der Waals surface area (Å²) in [6.45, 7) is 4.66. The van der Waals surface area contributed by atoms with Crippen LogP contribution in [0.3, 0.4) is 0 Å². The Morgan fingerprint density at radius 3 is 2.65 bits per heavy atom. The Morgan fingerprint density at radius 1 is 1.19 bits per heavy atom. The van der Waals surface area contributed by atoms with Gasteiger partial charge in [-0.2, -0.15) is 0 Å². The number of nitrogens with zero attached hydrogens (tertiary/aromatic N) is 5. The number of aromatic nitrogens is 2. The summed E-state index contributed by atoms with van der Waals surface area (Å²) in [7, 11) is 8.16. The van der Waals surface area contributed by atoms with Gasteiger partial charge in [0, 0.05) is 59.1 Å². The minimum atomic E-state index is 0.262. The molecule has 7 nitrogen and oxygen atoms in total. The molecule has 0 aromatic carbocycles. The molecule has 146 valence electrons. The van der Waals surface area contributed by atoms with Gasteiger partial charge in [-0.25, -0.2) is 9.97 Å². The van der Waals surface area contributed by atoms with Gasteiger partial charge in [0.25, 0.3) is 0 Å². The quantitative estimate of drug-likeness (QED) is 0.727. The van der Waals surface area contributed by atoms with Crippen molar-refractivity contribution in [2.45, 2.75) is 31.4 Å². The van der Waals surface area contributed by atoms with Gasteiger partial charge in [0.1, 0.15) is 18.0 Å². The molecule has 0 saturated carbocycles. The predicted octanol–water partition coefficient (Wildman–Crippen LogP) is 1.49. The fourth-order valence-corrected chi connectivity index (χ4v) is 4.03. The second-order valence-corrected chi connectivity index (χ2v) is 7.83. The number of likely N-dealkylation sites (N-methyl/N-ethyl adjacent to an activating group) is 1. The van der Waals surface area contributed by atoms with Gasteiger partial charge in [-0.15, -0.1) is 0 Å². The van der Waals surface area contributed by atoms with Crippen molar-refractivity contribution in [3.05, 3.63) is 12.4 Å². The monoisotopic (exact) mass is 363 g/mol. The first kappa shape index (κ1) is 19.3. The summed E-state index contributed by atoms with van der Waals surface area (Å²) in [4.78, 5) is 16.0. The van der Waals surface area contributed by atoms with Crippen LogP contribution in [0.5, 0.6) is 0 Å². The summed E-state index contributed by atoms with van der Waals surface area (Å²) in [5.74, 6) is 2.67. The lowest BCUT2D eigenvalue weighted by Crippen LogP contribution is -2.38. The minimum Gasteiger partial charge on any atom is -0.381 e. The lowest BCUT2D eigenvalue weighted by molar-refractivity contribution is 0.0685. The largest absolute Gasteiger partial charge is 0.381 e. The van der Waals surface area contributed by atoms with Crippen LogP contribution in [0.2, 0.25) is 0 Å². The maximum Gasteiger partial charge on any atom is 0.134 e. The molecule has 2 aliphatic heterocycles. The predicted molar refractivity (Wildman–Crippen MR) is 104 cm³/mol. The molecule has 26 heavy (non-hydrogen) atoms. The van der Waals surface area contributed by atoms with Crippen LogP contribution < -0.4 is 9.80 Å². The fourth-order valence-electron chi connectivity index (χ4n) is 4.03. The molecule has 7 heteroatoms. The van der Waals surface area contributed by atoms with Crippen molar-refractivity contribution in [3.63, 3.8) is 0 Å². The van der Waals surface area contributed by atoms with Crippen LogP contribution in [0.15, 0.2) is 12.4 Å². The molecule has 2 saturated heterocycles. The number of hydrogen-bond donors (Lipinski definition) is 0. The Hall–Kier alpha value is -1.44. The van der Waals surface area contributed by atoms with Gasteiger partial charge in [-0.05, 0) is 39.3 Å². The Balaban J connectivity index is 1.70. The molecule has 0 spiro atoms. The summed E-state index contributed by atoms with van der Waals surface area (Å²) < 4.78 is 11.1. The average Bonchev–Trinajstić information content (AvgIpc) is 3.05. The number of hydrogen-bond acceptors (Lipinski definition) is 7. The van der Waals surface area contributed by atoms with E-state index < -0.39 is 0 Å². The van der Waals surface area contributed by atoms with Crippen molar-refractivity contribution in [3.8, 4) is 0 Å². The number of anilines is 2. The molecule has 2 atom stereocenters. The zero-order valence-electron chi connectivity index (χ0n) is 16.6. The standard InChI is InChI=1S/C19H33N5O2/c1-22(2)12-16-9-17(25-4)13-24(16)19-10-18(20-14-21-19)23(3)11-15-5-7-26-8-6-15/h10,14-17H,5-9,11-13H2,1-4H3/t16-,17-/m0/s1. The minimum absolute atomic E-state index is 0.262. The second kappa shape index (κ2) is 8.97. The van der Waals surface area contributed by atoms with E-state index in [2.05, 4.69) is 51.9 Å². The Bertz CT molecular complexity index is 565. The lowest BCUT2D eigenvalue weighted by atomic mass is 10.00. The van der Waals surface area contributed by atoms with Crippen LogP contribution in [0.4, 0.5) is 11.6 Å². The molecule has 1 aromatic rings. The topological polar surface area (TPSA) is 54.0 Å². The van der Waals surface area contributed by atoms with Crippen molar-refractivity contribution in [2.75, 3.05) is 70.9 Å². The van der Waals surface area contributed by atoms with Crippen molar-refractivity contribution < 1.29 is 9.47 Å². The summed E-state index contributed by atoms with van der Waals surface area (Å²) in [6.07, 6.45) is 5.26. The molecule has 2 fully saturated rings. The number of ether oxygens (including phenoxy) is 2. The zero-order chi connectivity index (χ0) is 18.5. The highest BCUT2D eigenvalue weighted by molar-refractivity contribution is 5.51. The highest BCUT2D eigenvalue weighted by Crippen LogP contribution is 2.28. The van der Waals surface area contributed by atoms with Crippen molar-refractivity contribution in [2.24, 2.45) is 5.92 Å². The van der Waals surface area contributed by atoms with E-state index in [1.807, 2.05) is 0 Å². The van der Waals surface area contributed by atoms with E-state index in [0.717, 1.165) is 63.7 Å². The summed E-state index contributed by atoms with van der Waals surface area (Å²) in [6, 6.07) is 2.54. The molecule has 0 unspecified atom stereocenters. The highest BCUT2D eigenvalue weighted by atomic mass is 16.5. The SMILES string of the molecule is CO[C@H]1C[C@@H](CN(C)C)N(c2cc(N(C)CC3CCOCC3)ncn2)C1. The maximum atomic E-state index is 5.63. The van der Waals surface area contributed by atoms with E-state index in [0.29, 0.717) is 12.0 Å². The van der Waals surface area contributed by atoms with Gasteiger partial charge in [0.15, 0.2) is 0 Å². The van der Waals surface area contributed by atoms with Gasteiger partial charge in [-0.3, -0.25) is 0 Å². The summed E-state index contributed by atoms with van der Waals surface area (Å²) in [5.41, 5.74) is 0. The van der Waals surface area contributed by atoms with Crippen LogP contribution in [0.25, 0.3) is 0 Å². The van der Waals surface area contributed by atoms with E-state index in [1.165, 1.54) is 0 Å². The third-order valence-corrected chi connectivity index (χ3v) is 5.48. The van der Waals surface area contributed by atoms with E-state index in [1.54, 1.807) is 13.4 Å². The van der Waals surface area contributed by atoms with Crippen LogP contribution >= 0.6 is 0 Å². The molecule has 0 N–H and O–H groups in total. The van der Waals surface area contributed by atoms with Gasteiger partial charge >= 0.3 is 0 Å². The highest BCUT2D eigenvalue weighted by Gasteiger charge is 2.33. The van der Waals surface area contributed by atoms with Crippen LogP contribution in [-0.4, -0.2) is 88.1 Å². The second-order valence-electron chi connectivity index (χ2n) is 7.83. The third kappa shape index (κ3) is 4.84. The number of methoxy groups -OCH3 is 1. The molecule has 0 amide bonds. The fraction of sp³-hybridized carbons (Fsp3) is 0.789. The van der Waals surface area contributed by atoms with Crippen molar-refractivity contribution >= 4 is 11.6 Å². The first-order valence-corrected chi connectivity index (χ1v) is 9.62. The van der Waals surface area contributed by atoms with Gasteiger partial charge in [0.2, 0.25) is 0 Å². The first-order valence-electron chi connectivity index (χ1n) is 9.62. The zero-order valence-corrected chi connectivity index (χ0v) is 16.6. The van der Waals surface area contributed by atoms with E-state index in [-0.39, 0.29) is 6.10 Å². The normalized spacial score (nSPS) is 24.4. The first-order chi connectivity index (χ1) is 12.6. The van der Waals surface area contributed by atoms with E-state index >= 15 is 0 Å². The molecule has 3 heterocycles. The number of rotatable bonds is 7. The molecule has 0 aliphatic carbocycles. The van der Waals surface area contributed by atoms with Gasteiger partial charge in [0.05, 0.1) is 6.10 Å². The Labute approximate surface area is 157 Å². The molecule has 2 aliphatic rings. The van der Waals surface area contributed by atoms with Gasteiger partial charge < -0.3 is 24.2 Å². The summed E-state index contributed by atoms with van der Waals surface area (Å²) in [5, 5.41) is 0. The molecule has 0 radical (unpaired) electrons. The maximum absolute atomic E-state index is 5.63. The van der Waals surface area contributed by atoms with Gasteiger partial charge in [-0.1, -0.05) is 0 Å². The molecule has 0 bridgehead atoms. The molecule has 3 rings (SSSR count). The van der Waals surface area contributed by atoms with Crippen LogP contribution in [-0.2, 0) is 9.47 Å². The molecule has 1 aromatic heterocycles. The van der Waals surface area contributed by atoms with E-state index in [9.17, 15) is 0 Å².